The maximum Gasteiger partial charge on any atom is 0.145 e. The maximum absolute atomic E-state index is 9.49. The molecule has 0 saturated heterocycles. The van der Waals surface area contributed by atoms with Crippen molar-refractivity contribution in [3.05, 3.63) is 60.5 Å². The molecule has 4 heteroatoms. The minimum atomic E-state index is 0.253. The summed E-state index contributed by atoms with van der Waals surface area (Å²) in [6.07, 6.45) is 9.21. The molecule has 1 aromatic rings. The second-order valence-corrected chi connectivity index (χ2v) is 5.27. The Morgan fingerprint density at radius 3 is 2.95 bits per heavy atom. The zero-order chi connectivity index (χ0) is 15.9. The summed E-state index contributed by atoms with van der Waals surface area (Å²) in [7, 11) is 0. The number of hydrogen-bond donors (Lipinski definition) is 1. The Kier molecular flexibility index (Phi) is 5.53. The summed E-state index contributed by atoms with van der Waals surface area (Å²) in [5, 5.41) is 9.49. The third-order valence-electron chi connectivity index (χ3n) is 3.61. The van der Waals surface area contributed by atoms with Crippen LogP contribution >= 0.6 is 0 Å². The van der Waals surface area contributed by atoms with Gasteiger partial charge in [-0.05, 0) is 31.1 Å². The lowest BCUT2D eigenvalue weighted by Gasteiger charge is -2.14. The number of aliphatic imine (C=N–C) groups is 1. The molecule has 1 unspecified atom stereocenters. The van der Waals surface area contributed by atoms with Crippen molar-refractivity contribution in [3.63, 3.8) is 0 Å². The van der Waals surface area contributed by atoms with Crippen molar-refractivity contribution in [1.82, 2.24) is 4.98 Å². The Labute approximate surface area is 131 Å². The molecule has 0 bridgehead atoms. The molecule has 0 radical (unpaired) electrons. The molecule has 22 heavy (non-hydrogen) atoms. The van der Waals surface area contributed by atoms with Crippen LogP contribution in [0.1, 0.15) is 38.8 Å². The first-order chi connectivity index (χ1) is 10.6. The average molecular weight is 298 g/mol. The molecular weight excluding hydrogens is 276 g/mol. The lowest BCUT2D eigenvalue weighted by molar-refractivity contribution is 0.374. The van der Waals surface area contributed by atoms with Crippen LogP contribution in [0.5, 0.6) is 5.75 Å². The van der Waals surface area contributed by atoms with E-state index in [1.807, 2.05) is 12.1 Å². The summed E-state index contributed by atoms with van der Waals surface area (Å²) in [5.41, 5.74) is 1.77. The van der Waals surface area contributed by atoms with E-state index in [1.165, 1.54) is 0 Å². The van der Waals surface area contributed by atoms with Gasteiger partial charge in [0.2, 0.25) is 0 Å². The smallest absolute Gasteiger partial charge is 0.145 e. The third kappa shape index (κ3) is 4.07. The van der Waals surface area contributed by atoms with E-state index < -0.39 is 0 Å². The van der Waals surface area contributed by atoms with Crippen molar-refractivity contribution < 1.29 is 9.84 Å². The number of aromatic nitrogens is 1. The Bertz CT molecular complexity index is 612. The highest BCUT2D eigenvalue weighted by molar-refractivity contribution is 6.00. The van der Waals surface area contributed by atoms with E-state index >= 15 is 0 Å². The van der Waals surface area contributed by atoms with Crippen molar-refractivity contribution in [3.8, 4) is 5.75 Å². The Balaban J connectivity index is 2.14. The van der Waals surface area contributed by atoms with Crippen molar-refractivity contribution in [1.29, 1.82) is 0 Å². The van der Waals surface area contributed by atoms with Crippen molar-refractivity contribution >= 4 is 5.71 Å². The fraction of sp³-hybridized carbons (Fsp3) is 0.333. The van der Waals surface area contributed by atoms with Crippen LogP contribution in [0.4, 0.5) is 0 Å². The van der Waals surface area contributed by atoms with Crippen LogP contribution in [0.3, 0.4) is 0 Å². The minimum Gasteiger partial charge on any atom is -0.508 e. The van der Waals surface area contributed by atoms with Gasteiger partial charge in [-0.2, -0.15) is 0 Å². The molecule has 4 nitrogen and oxygen atoms in total. The second-order valence-electron chi connectivity index (χ2n) is 5.27. The zero-order valence-electron chi connectivity index (χ0n) is 13.1. The van der Waals surface area contributed by atoms with Crippen molar-refractivity contribution in [2.45, 2.75) is 33.1 Å². The highest BCUT2D eigenvalue weighted by atomic mass is 16.5. The van der Waals surface area contributed by atoms with Crippen LogP contribution < -0.4 is 4.74 Å². The summed E-state index contributed by atoms with van der Waals surface area (Å²) >= 11 is 0. The van der Waals surface area contributed by atoms with E-state index in [9.17, 15) is 5.11 Å². The van der Waals surface area contributed by atoms with E-state index in [4.69, 9.17) is 4.74 Å². The topological polar surface area (TPSA) is 54.7 Å². The third-order valence-corrected chi connectivity index (χ3v) is 3.61. The van der Waals surface area contributed by atoms with Gasteiger partial charge in [0.05, 0.1) is 17.6 Å². The molecule has 0 amide bonds. The van der Waals surface area contributed by atoms with Crippen LogP contribution in [0.25, 0.3) is 0 Å². The predicted molar refractivity (Wildman–Crippen MR) is 89.1 cm³/mol. The Morgan fingerprint density at radius 2 is 2.36 bits per heavy atom. The Hall–Kier alpha value is -2.36. The molecular formula is C18H22N2O2. The lowest BCUT2D eigenvalue weighted by Crippen LogP contribution is -2.13. The van der Waals surface area contributed by atoms with E-state index in [1.54, 1.807) is 24.5 Å². The van der Waals surface area contributed by atoms with E-state index in [2.05, 4.69) is 30.4 Å². The van der Waals surface area contributed by atoms with Gasteiger partial charge in [-0.1, -0.05) is 20.4 Å². The number of allylic oxidation sites excluding steroid dienone is 3. The number of rotatable bonds is 6. The molecule has 1 aliphatic rings. The number of ether oxygens (including phenoxy) is 1. The highest BCUT2D eigenvalue weighted by Gasteiger charge is 2.13. The van der Waals surface area contributed by atoms with Gasteiger partial charge in [0.15, 0.2) is 0 Å². The molecule has 1 aromatic heterocycles. The normalized spacial score (nSPS) is 16.5. The quantitative estimate of drug-likeness (QED) is 0.783. The van der Waals surface area contributed by atoms with Crippen LogP contribution in [0.2, 0.25) is 0 Å². The number of nitrogens with zero attached hydrogens (tertiary/aromatic N) is 2. The van der Waals surface area contributed by atoms with Crippen LogP contribution in [0.15, 0.2) is 59.8 Å². The van der Waals surface area contributed by atoms with Gasteiger partial charge < -0.3 is 9.84 Å². The van der Waals surface area contributed by atoms with Gasteiger partial charge in [-0.3, -0.25) is 9.98 Å². The Morgan fingerprint density at radius 1 is 1.55 bits per heavy atom. The fourth-order valence-corrected chi connectivity index (χ4v) is 2.22. The van der Waals surface area contributed by atoms with Gasteiger partial charge in [-0.25, -0.2) is 0 Å². The van der Waals surface area contributed by atoms with Gasteiger partial charge in [0, 0.05) is 24.6 Å². The average Bonchev–Trinajstić information content (AvgIpc) is 2.53. The van der Waals surface area contributed by atoms with E-state index in [0.717, 1.165) is 36.4 Å². The van der Waals surface area contributed by atoms with Gasteiger partial charge in [0.25, 0.3) is 0 Å². The highest BCUT2D eigenvalue weighted by Crippen LogP contribution is 2.21. The molecule has 0 saturated carbocycles. The van der Waals surface area contributed by atoms with Crippen LogP contribution in [0, 0.1) is 5.92 Å². The maximum atomic E-state index is 9.49. The van der Waals surface area contributed by atoms with Crippen molar-refractivity contribution in [2.75, 3.05) is 0 Å². The summed E-state index contributed by atoms with van der Waals surface area (Å²) in [4.78, 5) is 8.79. The first-order valence-corrected chi connectivity index (χ1v) is 7.56. The molecule has 0 aliphatic heterocycles. The van der Waals surface area contributed by atoms with Crippen LogP contribution in [-0.4, -0.2) is 15.8 Å². The van der Waals surface area contributed by atoms with E-state index in [-0.39, 0.29) is 5.76 Å². The minimum absolute atomic E-state index is 0.253. The SMILES string of the molecule is C=C/N=C(/c1ccc(OC2=CC(O)=CCC2)cn1)C(C)CC. The summed E-state index contributed by atoms with van der Waals surface area (Å²) in [6.45, 7) is 7.91. The summed E-state index contributed by atoms with van der Waals surface area (Å²) in [5.74, 6) is 1.98. The van der Waals surface area contributed by atoms with Gasteiger partial charge >= 0.3 is 0 Å². The molecule has 0 spiro atoms. The number of hydrogen-bond acceptors (Lipinski definition) is 4. The number of pyridine rings is 1. The molecule has 1 N–H and O–H groups in total. The second kappa shape index (κ2) is 7.59. The predicted octanol–water partition coefficient (Wildman–Crippen LogP) is 4.56. The number of aliphatic hydroxyl groups is 1. The molecule has 1 heterocycles. The van der Waals surface area contributed by atoms with E-state index in [0.29, 0.717) is 11.7 Å². The van der Waals surface area contributed by atoms with Gasteiger partial charge in [-0.15, -0.1) is 0 Å². The molecule has 116 valence electrons. The van der Waals surface area contributed by atoms with Crippen molar-refractivity contribution in [2.24, 2.45) is 10.9 Å². The monoisotopic (exact) mass is 298 g/mol. The summed E-state index contributed by atoms with van der Waals surface area (Å²) in [6, 6.07) is 3.78. The molecule has 0 aromatic carbocycles. The fourth-order valence-electron chi connectivity index (χ4n) is 2.22. The zero-order valence-corrected chi connectivity index (χ0v) is 13.1. The first kappa shape index (κ1) is 16.0. The standard InChI is InChI=1S/C18H22N2O2/c1-4-13(3)18(19-5-2)17-10-9-16(12-20-17)22-15-8-6-7-14(21)11-15/h5,7,9-13,21H,2,4,6,8H2,1,3H3/b19-18+. The molecule has 0 fully saturated rings. The molecule has 1 aliphatic carbocycles. The summed E-state index contributed by atoms with van der Waals surface area (Å²) < 4.78 is 5.74. The number of aliphatic hydroxyl groups excluding tert-OH is 1. The molecule has 1 atom stereocenters. The molecule has 2 rings (SSSR count). The van der Waals surface area contributed by atoms with Gasteiger partial charge in [0.1, 0.15) is 17.3 Å². The lowest BCUT2D eigenvalue weighted by atomic mass is 9.99. The first-order valence-electron chi connectivity index (χ1n) is 7.56. The van der Waals surface area contributed by atoms with Crippen LogP contribution in [-0.2, 0) is 0 Å². The largest absolute Gasteiger partial charge is 0.508 e.